The Balaban J connectivity index is 1.83. The Morgan fingerprint density at radius 1 is 1.38 bits per heavy atom. The van der Waals surface area contributed by atoms with Gasteiger partial charge in [0.2, 0.25) is 0 Å². The predicted molar refractivity (Wildman–Crippen MR) is 106 cm³/mol. The van der Waals surface area contributed by atoms with Gasteiger partial charge in [-0.15, -0.1) is 0 Å². The summed E-state index contributed by atoms with van der Waals surface area (Å²) >= 11 is 0. The Morgan fingerprint density at radius 2 is 2.19 bits per heavy atom. The zero-order valence-corrected chi connectivity index (χ0v) is 16.0. The van der Waals surface area contributed by atoms with Crippen molar-refractivity contribution in [1.29, 1.82) is 0 Å². The van der Waals surface area contributed by atoms with Gasteiger partial charge in [0.1, 0.15) is 11.3 Å². The fourth-order valence-electron chi connectivity index (χ4n) is 3.78. The minimum Gasteiger partial charge on any atom is -0.466 e. The molecule has 3 rings (SSSR count). The van der Waals surface area contributed by atoms with Crippen LogP contribution >= 0.6 is 0 Å². The SMILES string of the molecule is COC(=O)/C=C/c1cc2c(NCC3=C(C)CCCC3(C)C)cccc2o1. The lowest BCUT2D eigenvalue weighted by atomic mass is 9.73. The quantitative estimate of drug-likeness (QED) is 0.434. The van der Waals surface area contributed by atoms with Crippen molar-refractivity contribution >= 4 is 28.7 Å². The van der Waals surface area contributed by atoms with Crippen LogP contribution in [-0.2, 0) is 9.53 Å². The first-order chi connectivity index (χ1) is 12.4. The van der Waals surface area contributed by atoms with Gasteiger partial charge in [-0.05, 0) is 61.4 Å². The fraction of sp³-hybridized carbons (Fsp3) is 0.409. The smallest absolute Gasteiger partial charge is 0.330 e. The van der Waals surface area contributed by atoms with E-state index < -0.39 is 5.97 Å². The third kappa shape index (κ3) is 3.85. The maximum absolute atomic E-state index is 11.3. The summed E-state index contributed by atoms with van der Waals surface area (Å²) in [6.45, 7) is 7.77. The van der Waals surface area contributed by atoms with E-state index in [9.17, 15) is 4.79 Å². The molecular formula is C22H27NO3. The van der Waals surface area contributed by atoms with E-state index in [2.05, 4.69) is 36.9 Å². The summed E-state index contributed by atoms with van der Waals surface area (Å²) in [5.41, 5.74) is 5.11. The van der Waals surface area contributed by atoms with Gasteiger partial charge in [-0.3, -0.25) is 0 Å². The normalized spacial score (nSPS) is 17.1. The first-order valence-electron chi connectivity index (χ1n) is 9.12. The molecule has 4 nitrogen and oxygen atoms in total. The molecule has 0 spiro atoms. The van der Waals surface area contributed by atoms with E-state index in [1.807, 2.05) is 18.2 Å². The summed E-state index contributed by atoms with van der Waals surface area (Å²) in [4.78, 5) is 11.3. The molecule has 0 aliphatic heterocycles. The lowest BCUT2D eigenvalue weighted by Crippen LogP contribution is -2.25. The van der Waals surface area contributed by atoms with Crippen LogP contribution < -0.4 is 5.32 Å². The van der Waals surface area contributed by atoms with E-state index in [0.29, 0.717) is 5.76 Å². The van der Waals surface area contributed by atoms with Crippen LogP contribution in [0, 0.1) is 5.41 Å². The van der Waals surface area contributed by atoms with Gasteiger partial charge in [0.25, 0.3) is 0 Å². The van der Waals surface area contributed by atoms with Gasteiger partial charge in [0.15, 0.2) is 0 Å². The van der Waals surface area contributed by atoms with Crippen molar-refractivity contribution < 1.29 is 13.9 Å². The number of nitrogens with one attached hydrogen (secondary N) is 1. The van der Waals surface area contributed by atoms with E-state index in [1.165, 1.54) is 43.6 Å². The number of fused-ring (bicyclic) bond motifs is 1. The number of hydrogen-bond acceptors (Lipinski definition) is 4. The predicted octanol–water partition coefficient (Wildman–Crippen LogP) is 5.56. The molecule has 26 heavy (non-hydrogen) atoms. The third-order valence-electron chi connectivity index (χ3n) is 5.31. The highest BCUT2D eigenvalue weighted by molar-refractivity contribution is 5.93. The van der Waals surface area contributed by atoms with Crippen molar-refractivity contribution in [2.75, 3.05) is 19.0 Å². The minimum atomic E-state index is -0.397. The van der Waals surface area contributed by atoms with Crippen molar-refractivity contribution in [2.24, 2.45) is 5.41 Å². The van der Waals surface area contributed by atoms with Gasteiger partial charge in [-0.2, -0.15) is 0 Å². The second kappa shape index (κ2) is 7.40. The number of benzene rings is 1. The lowest BCUT2D eigenvalue weighted by molar-refractivity contribution is -0.134. The Labute approximate surface area is 154 Å². The molecule has 0 saturated carbocycles. The maximum atomic E-state index is 11.3. The molecule has 1 aromatic carbocycles. The molecule has 4 heteroatoms. The molecule has 2 aromatic rings. The van der Waals surface area contributed by atoms with E-state index in [1.54, 1.807) is 6.08 Å². The second-order valence-electron chi connectivity index (χ2n) is 7.57. The van der Waals surface area contributed by atoms with E-state index >= 15 is 0 Å². The number of furan rings is 1. The fourth-order valence-corrected chi connectivity index (χ4v) is 3.78. The Morgan fingerprint density at radius 3 is 2.92 bits per heavy atom. The number of anilines is 1. The molecule has 0 fully saturated rings. The summed E-state index contributed by atoms with van der Waals surface area (Å²) in [5.74, 6) is 0.235. The Bertz CT molecular complexity index is 871. The largest absolute Gasteiger partial charge is 0.466 e. The molecule has 1 aliphatic carbocycles. The Kier molecular flexibility index (Phi) is 5.21. The number of rotatable bonds is 5. The monoisotopic (exact) mass is 353 g/mol. The molecule has 0 amide bonds. The molecule has 138 valence electrons. The maximum Gasteiger partial charge on any atom is 0.330 e. The molecule has 0 bridgehead atoms. The summed E-state index contributed by atoms with van der Waals surface area (Å²) in [5, 5.41) is 4.62. The van der Waals surface area contributed by atoms with Crippen LogP contribution in [0.4, 0.5) is 5.69 Å². The first kappa shape index (κ1) is 18.3. The third-order valence-corrected chi connectivity index (χ3v) is 5.31. The van der Waals surface area contributed by atoms with Crippen molar-refractivity contribution in [3.8, 4) is 0 Å². The zero-order valence-electron chi connectivity index (χ0n) is 16.0. The molecule has 0 atom stereocenters. The second-order valence-corrected chi connectivity index (χ2v) is 7.57. The molecule has 1 N–H and O–H groups in total. The molecule has 1 aliphatic rings. The molecular weight excluding hydrogens is 326 g/mol. The van der Waals surface area contributed by atoms with Crippen molar-refractivity contribution in [1.82, 2.24) is 0 Å². The molecule has 0 saturated heterocycles. The van der Waals surface area contributed by atoms with E-state index in [0.717, 1.165) is 23.2 Å². The highest BCUT2D eigenvalue weighted by Gasteiger charge is 2.28. The summed E-state index contributed by atoms with van der Waals surface area (Å²) in [7, 11) is 1.36. The van der Waals surface area contributed by atoms with Crippen LogP contribution in [0.1, 0.15) is 45.8 Å². The lowest BCUT2D eigenvalue weighted by Gasteiger charge is -2.35. The molecule has 0 unspecified atom stereocenters. The van der Waals surface area contributed by atoms with E-state index in [-0.39, 0.29) is 5.41 Å². The number of hydrogen-bond donors (Lipinski definition) is 1. The van der Waals surface area contributed by atoms with Gasteiger partial charge < -0.3 is 14.5 Å². The highest BCUT2D eigenvalue weighted by Crippen LogP contribution is 2.40. The van der Waals surface area contributed by atoms with Crippen LogP contribution in [0.2, 0.25) is 0 Å². The summed E-state index contributed by atoms with van der Waals surface area (Å²) in [6, 6.07) is 7.93. The number of carbonyl (C=O) groups excluding carboxylic acids is 1. The van der Waals surface area contributed by atoms with Crippen molar-refractivity contribution in [2.45, 2.75) is 40.0 Å². The summed E-state index contributed by atoms with van der Waals surface area (Å²) < 4.78 is 10.4. The average Bonchev–Trinajstić information content (AvgIpc) is 3.02. The highest BCUT2D eigenvalue weighted by atomic mass is 16.5. The van der Waals surface area contributed by atoms with Gasteiger partial charge in [-0.25, -0.2) is 4.79 Å². The van der Waals surface area contributed by atoms with Crippen LogP contribution in [0.5, 0.6) is 0 Å². The van der Waals surface area contributed by atoms with Crippen LogP contribution in [0.25, 0.3) is 17.0 Å². The van der Waals surface area contributed by atoms with Crippen LogP contribution in [0.15, 0.2) is 45.9 Å². The minimum absolute atomic E-state index is 0.244. The van der Waals surface area contributed by atoms with Crippen molar-refractivity contribution in [3.05, 3.63) is 47.2 Å². The van der Waals surface area contributed by atoms with Gasteiger partial charge in [-0.1, -0.05) is 25.5 Å². The number of esters is 1. The topological polar surface area (TPSA) is 51.5 Å². The number of allylic oxidation sites excluding steroid dienone is 1. The molecule has 1 aromatic heterocycles. The van der Waals surface area contributed by atoms with E-state index in [4.69, 9.17) is 4.42 Å². The Hall–Kier alpha value is -2.49. The number of carbonyl (C=O) groups is 1. The van der Waals surface area contributed by atoms with Gasteiger partial charge in [0, 0.05) is 23.7 Å². The molecule has 0 radical (unpaired) electrons. The zero-order chi connectivity index (χ0) is 18.7. The number of ether oxygens (including phenoxy) is 1. The number of methoxy groups -OCH3 is 1. The standard InChI is InChI=1S/C22H27NO3/c1-15-7-6-12-22(2,3)18(15)14-23-19-8-5-9-20-17(19)13-16(26-20)10-11-21(24)25-4/h5,8-11,13,23H,6-7,12,14H2,1-4H3/b11-10+. The van der Waals surface area contributed by atoms with Gasteiger partial charge >= 0.3 is 5.97 Å². The molecule has 1 heterocycles. The van der Waals surface area contributed by atoms with Crippen LogP contribution in [0.3, 0.4) is 0 Å². The average molecular weight is 353 g/mol. The first-order valence-corrected chi connectivity index (χ1v) is 9.12. The summed E-state index contributed by atoms with van der Waals surface area (Å²) in [6.07, 6.45) is 6.70. The van der Waals surface area contributed by atoms with Crippen LogP contribution in [-0.4, -0.2) is 19.6 Å². The van der Waals surface area contributed by atoms with Gasteiger partial charge in [0.05, 0.1) is 7.11 Å². The van der Waals surface area contributed by atoms with Crippen molar-refractivity contribution in [3.63, 3.8) is 0 Å².